The standard InChI is InChI=1S/C15H13N5O2/c1-10-7-13(19-20(10)2)21-9-14-17-18-15(22-14)12-5-3-11(8-16)4-6-12/h3-7H,9H2,1-2H3. The lowest BCUT2D eigenvalue weighted by Crippen LogP contribution is -1.97. The van der Waals surface area contributed by atoms with Crippen LogP contribution in [0.1, 0.15) is 17.1 Å². The van der Waals surface area contributed by atoms with Crippen molar-refractivity contribution >= 4 is 0 Å². The number of nitriles is 1. The van der Waals surface area contributed by atoms with Crippen LogP contribution in [0.3, 0.4) is 0 Å². The van der Waals surface area contributed by atoms with Crippen molar-refractivity contribution in [2.45, 2.75) is 13.5 Å². The molecule has 2 heterocycles. The van der Waals surface area contributed by atoms with Crippen LogP contribution in [-0.4, -0.2) is 20.0 Å². The SMILES string of the molecule is Cc1cc(OCc2nnc(-c3ccc(C#N)cc3)o2)nn1C. The highest BCUT2D eigenvalue weighted by atomic mass is 16.5. The molecule has 0 amide bonds. The van der Waals surface area contributed by atoms with E-state index in [2.05, 4.69) is 21.4 Å². The van der Waals surface area contributed by atoms with E-state index in [4.69, 9.17) is 14.4 Å². The van der Waals surface area contributed by atoms with E-state index in [0.717, 1.165) is 11.3 Å². The molecule has 0 aliphatic heterocycles. The fourth-order valence-corrected chi connectivity index (χ4v) is 1.85. The molecule has 3 aromatic rings. The Hall–Kier alpha value is -3.14. The minimum atomic E-state index is 0.153. The summed E-state index contributed by atoms with van der Waals surface area (Å²) in [6.45, 7) is 2.09. The Morgan fingerprint density at radius 1 is 1.27 bits per heavy atom. The molecule has 2 aromatic heterocycles. The number of rotatable bonds is 4. The summed E-state index contributed by atoms with van der Waals surface area (Å²) in [6.07, 6.45) is 0. The van der Waals surface area contributed by atoms with Gasteiger partial charge in [-0.05, 0) is 31.2 Å². The van der Waals surface area contributed by atoms with Gasteiger partial charge in [-0.3, -0.25) is 4.68 Å². The highest BCUT2D eigenvalue weighted by molar-refractivity contribution is 5.54. The van der Waals surface area contributed by atoms with E-state index in [-0.39, 0.29) is 6.61 Å². The molecule has 3 rings (SSSR count). The third-order valence-electron chi connectivity index (χ3n) is 3.16. The molecule has 7 nitrogen and oxygen atoms in total. The molecule has 0 bridgehead atoms. The second-order valence-electron chi connectivity index (χ2n) is 4.73. The maximum Gasteiger partial charge on any atom is 0.254 e. The van der Waals surface area contributed by atoms with Crippen LogP contribution in [0.5, 0.6) is 5.88 Å². The Bertz CT molecular complexity index is 807. The van der Waals surface area contributed by atoms with E-state index in [1.165, 1.54) is 0 Å². The molecule has 0 unspecified atom stereocenters. The molecule has 0 radical (unpaired) electrons. The van der Waals surface area contributed by atoms with Crippen molar-refractivity contribution in [1.29, 1.82) is 5.26 Å². The monoisotopic (exact) mass is 295 g/mol. The zero-order valence-corrected chi connectivity index (χ0v) is 12.1. The second-order valence-corrected chi connectivity index (χ2v) is 4.73. The highest BCUT2D eigenvalue weighted by Gasteiger charge is 2.10. The van der Waals surface area contributed by atoms with Gasteiger partial charge in [0, 0.05) is 24.4 Å². The first-order chi connectivity index (χ1) is 10.7. The van der Waals surface area contributed by atoms with Crippen LogP contribution in [0.25, 0.3) is 11.5 Å². The van der Waals surface area contributed by atoms with E-state index in [1.807, 2.05) is 20.0 Å². The van der Waals surface area contributed by atoms with Crippen molar-refractivity contribution in [3.05, 3.63) is 47.5 Å². The Kier molecular flexibility index (Phi) is 3.58. The first-order valence-electron chi connectivity index (χ1n) is 6.62. The lowest BCUT2D eigenvalue weighted by Gasteiger charge is -1.97. The Morgan fingerprint density at radius 2 is 2.05 bits per heavy atom. The predicted molar refractivity (Wildman–Crippen MR) is 76.7 cm³/mol. The normalized spacial score (nSPS) is 10.4. The van der Waals surface area contributed by atoms with Crippen LogP contribution in [0.2, 0.25) is 0 Å². The number of aromatic nitrogens is 4. The van der Waals surface area contributed by atoms with E-state index < -0.39 is 0 Å². The zero-order valence-electron chi connectivity index (χ0n) is 12.1. The molecular formula is C15H13N5O2. The summed E-state index contributed by atoms with van der Waals surface area (Å²) in [4.78, 5) is 0. The molecule has 1 aromatic carbocycles. The van der Waals surface area contributed by atoms with Crippen molar-refractivity contribution < 1.29 is 9.15 Å². The molecule has 0 N–H and O–H groups in total. The van der Waals surface area contributed by atoms with E-state index >= 15 is 0 Å². The molecule has 7 heteroatoms. The molecule has 22 heavy (non-hydrogen) atoms. The Balaban J connectivity index is 1.69. The van der Waals surface area contributed by atoms with Crippen LogP contribution in [0.4, 0.5) is 0 Å². The second kappa shape index (κ2) is 5.69. The third-order valence-corrected chi connectivity index (χ3v) is 3.16. The summed E-state index contributed by atoms with van der Waals surface area (Å²) in [5.41, 5.74) is 2.34. The van der Waals surface area contributed by atoms with Gasteiger partial charge in [0.05, 0.1) is 11.6 Å². The molecule has 0 aliphatic carbocycles. The van der Waals surface area contributed by atoms with Crippen LogP contribution < -0.4 is 4.74 Å². The van der Waals surface area contributed by atoms with Gasteiger partial charge in [0.1, 0.15) is 0 Å². The molecule has 0 saturated carbocycles. The van der Waals surface area contributed by atoms with E-state index in [1.54, 1.807) is 28.9 Å². The van der Waals surface area contributed by atoms with Crippen molar-refractivity contribution in [3.8, 4) is 23.4 Å². The Labute approximate surface area is 126 Å². The van der Waals surface area contributed by atoms with Crippen molar-refractivity contribution in [1.82, 2.24) is 20.0 Å². The van der Waals surface area contributed by atoms with Crippen molar-refractivity contribution in [3.63, 3.8) is 0 Å². The average molecular weight is 295 g/mol. The van der Waals surface area contributed by atoms with Crippen LogP contribution in [0.15, 0.2) is 34.7 Å². The number of hydrogen-bond acceptors (Lipinski definition) is 6. The van der Waals surface area contributed by atoms with Crippen LogP contribution >= 0.6 is 0 Å². The number of benzene rings is 1. The fraction of sp³-hybridized carbons (Fsp3) is 0.200. The van der Waals surface area contributed by atoms with Crippen molar-refractivity contribution in [2.24, 2.45) is 7.05 Å². The molecule has 110 valence electrons. The summed E-state index contributed by atoms with van der Waals surface area (Å²) in [5, 5.41) is 20.9. The van der Waals surface area contributed by atoms with Gasteiger partial charge in [-0.2, -0.15) is 5.26 Å². The number of hydrogen-bond donors (Lipinski definition) is 0. The largest absolute Gasteiger partial charge is 0.467 e. The van der Waals surface area contributed by atoms with Gasteiger partial charge in [-0.25, -0.2) is 0 Å². The molecule has 0 atom stereocenters. The topological polar surface area (TPSA) is 89.8 Å². The molecule has 0 spiro atoms. The van der Waals surface area contributed by atoms with Gasteiger partial charge >= 0.3 is 0 Å². The van der Waals surface area contributed by atoms with Gasteiger partial charge in [-0.15, -0.1) is 15.3 Å². The smallest absolute Gasteiger partial charge is 0.254 e. The first-order valence-corrected chi connectivity index (χ1v) is 6.62. The number of nitrogens with zero attached hydrogens (tertiary/aromatic N) is 5. The minimum absolute atomic E-state index is 0.153. The highest BCUT2D eigenvalue weighted by Crippen LogP contribution is 2.19. The average Bonchev–Trinajstić information content (AvgIpc) is 3.13. The van der Waals surface area contributed by atoms with Gasteiger partial charge in [-0.1, -0.05) is 0 Å². The number of aryl methyl sites for hydroxylation is 2. The quantitative estimate of drug-likeness (QED) is 0.733. The van der Waals surface area contributed by atoms with Crippen LogP contribution in [-0.2, 0) is 13.7 Å². The first kappa shape index (κ1) is 13.8. The van der Waals surface area contributed by atoms with Gasteiger partial charge in [0.15, 0.2) is 6.61 Å². The van der Waals surface area contributed by atoms with Crippen LogP contribution in [0, 0.1) is 18.3 Å². The summed E-state index contributed by atoms with van der Waals surface area (Å²) >= 11 is 0. The summed E-state index contributed by atoms with van der Waals surface area (Å²) in [5.74, 6) is 1.26. The maximum absolute atomic E-state index is 8.78. The molecule has 0 aliphatic rings. The van der Waals surface area contributed by atoms with Crippen molar-refractivity contribution in [2.75, 3.05) is 0 Å². The molecular weight excluding hydrogens is 282 g/mol. The lowest BCUT2D eigenvalue weighted by molar-refractivity contribution is 0.253. The summed E-state index contributed by atoms with van der Waals surface area (Å²) in [6, 6.07) is 10.8. The molecule has 0 fully saturated rings. The van der Waals surface area contributed by atoms with Gasteiger partial charge in [0.2, 0.25) is 11.8 Å². The predicted octanol–water partition coefficient (Wildman–Crippen LogP) is 2.23. The molecule has 0 saturated heterocycles. The fourth-order valence-electron chi connectivity index (χ4n) is 1.85. The maximum atomic E-state index is 8.78. The Morgan fingerprint density at radius 3 is 2.68 bits per heavy atom. The van der Waals surface area contributed by atoms with Gasteiger partial charge < -0.3 is 9.15 Å². The number of ether oxygens (including phenoxy) is 1. The van der Waals surface area contributed by atoms with Gasteiger partial charge in [0.25, 0.3) is 5.89 Å². The summed E-state index contributed by atoms with van der Waals surface area (Å²) < 4.78 is 12.8. The lowest BCUT2D eigenvalue weighted by atomic mass is 10.1. The van der Waals surface area contributed by atoms with E-state index in [0.29, 0.717) is 23.2 Å². The minimum Gasteiger partial charge on any atom is -0.467 e. The zero-order chi connectivity index (χ0) is 15.5. The van der Waals surface area contributed by atoms with E-state index in [9.17, 15) is 0 Å². The third kappa shape index (κ3) is 2.81. The summed E-state index contributed by atoms with van der Waals surface area (Å²) in [7, 11) is 1.85.